The van der Waals surface area contributed by atoms with Crippen molar-refractivity contribution < 1.29 is 28.5 Å². The molecule has 0 heterocycles. The fourth-order valence-corrected chi connectivity index (χ4v) is 1.80. The first-order valence-electron chi connectivity index (χ1n) is 6.04. The minimum absolute atomic E-state index is 0.112. The quantitative estimate of drug-likeness (QED) is 0.430. The Labute approximate surface area is 117 Å². The van der Waals surface area contributed by atoms with Crippen LogP contribution in [-0.2, 0) is 20.9 Å². The molecule has 0 atom stereocenters. The second-order valence-electron chi connectivity index (χ2n) is 3.81. The largest absolute Gasteiger partial charge is 0.493 e. The van der Waals surface area contributed by atoms with E-state index < -0.39 is 11.8 Å². The third kappa shape index (κ3) is 3.27. The normalized spacial score (nSPS) is 10.0. The predicted octanol–water partition coefficient (Wildman–Crippen LogP) is 1.60. The highest BCUT2D eigenvalue weighted by molar-refractivity contribution is 6.41. The number of carbonyl (C=O) groups excluding carboxylic acids is 2. The van der Waals surface area contributed by atoms with Crippen molar-refractivity contribution >= 4 is 11.8 Å². The number of methoxy groups -OCH3 is 3. The van der Waals surface area contributed by atoms with Gasteiger partial charge in [-0.3, -0.25) is 4.79 Å². The fraction of sp³-hybridized carbons (Fsp3) is 0.429. The highest BCUT2D eigenvalue weighted by Crippen LogP contribution is 2.34. The molecule has 0 aliphatic heterocycles. The number of benzene rings is 1. The average Bonchev–Trinajstić information content (AvgIpc) is 2.46. The van der Waals surface area contributed by atoms with Crippen LogP contribution in [0.15, 0.2) is 12.1 Å². The molecule has 0 radical (unpaired) electrons. The van der Waals surface area contributed by atoms with Gasteiger partial charge >= 0.3 is 5.97 Å². The van der Waals surface area contributed by atoms with E-state index in [1.165, 1.54) is 27.4 Å². The van der Waals surface area contributed by atoms with Crippen molar-refractivity contribution in [2.24, 2.45) is 0 Å². The third-order valence-corrected chi connectivity index (χ3v) is 2.64. The molecule has 1 rings (SSSR count). The molecule has 110 valence electrons. The van der Waals surface area contributed by atoms with Crippen LogP contribution in [0.3, 0.4) is 0 Å². The molecule has 0 unspecified atom stereocenters. The minimum Gasteiger partial charge on any atom is -0.493 e. The first kappa shape index (κ1) is 16.0. The van der Waals surface area contributed by atoms with Crippen molar-refractivity contribution in [2.75, 3.05) is 27.9 Å². The molecule has 1 aromatic carbocycles. The monoisotopic (exact) mass is 282 g/mol. The van der Waals surface area contributed by atoms with Gasteiger partial charge in [-0.25, -0.2) is 4.79 Å². The van der Waals surface area contributed by atoms with Crippen molar-refractivity contribution in [1.29, 1.82) is 0 Å². The molecule has 0 amide bonds. The van der Waals surface area contributed by atoms with Crippen molar-refractivity contribution in [3.05, 3.63) is 23.3 Å². The number of hydrogen-bond acceptors (Lipinski definition) is 6. The van der Waals surface area contributed by atoms with Crippen LogP contribution in [0.5, 0.6) is 11.5 Å². The number of hydrogen-bond donors (Lipinski definition) is 0. The van der Waals surface area contributed by atoms with Crippen LogP contribution in [0.25, 0.3) is 0 Å². The molecule has 0 aliphatic carbocycles. The zero-order chi connectivity index (χ0) is 15.1. The summed E-state index contributed by atoms with van der Waals surface area (Å²) in [6.45, 7) is 1.88. The third-order valence-electron chi connectivity index (χ3n) is 2.64. The molecule has 20 heavy (non-hydrogen) atoms. The van der Waals surface area contributed by atoms with Gasteiger partial charge in [-0.05, 0) is 19.1 Å². The standard InChI is InChI=1S/C14H18O6/c1-5-20-14(16)12(15)9-6-7-11(18-3)13(19-4)10(9)8-17-2/h6-7H,5,8H2,1-4H3. The average molecular weight is 282 g/mol. The molecule has 0 N–H and O–H groups in total. The molecule has 1 aromatic rings. The SMILES string of the molecule is CCOC(=O)C(=O)c1ccc(OC)c(OC)c1COC. The van der Waals surface area contributed by atoms with Crippen molar-refractivity contribution in [3.63, 3.8) is 0 Å². The molecular formula is C14H18O6. The molecule has 6 nitrogen and oxygen atoms in total. The number of esters is 1. The van der Waals surface area contributed by atoms with E-state index in [4.69, 9.17) is 18.9 Å². The van der Waals surface area contributed by atoms with Crippen LogP contribution in [0, 0.1) is 0 Å². The predicted molar refractivity (Wildman–Crippen MR) is 71.2 cm³/mol. The van der Waals surface area contributed by atoms with E-state index in [1.807, 2.05) is 0 Å². The lowest BCUT2D eigenvalue weighted by molar-refractivity contribution is -0.137. The van der Waals surface area contributed by atoms with Crippen LogP contribution in [0.2, 0.25) is 0 Å². The van der Waals surface area contributed by atoms with Crippen molar-refractivity contribution in [2.45, 2.75) is 13.5 Å². The number of Topliss-reactive ketones (excluding diaryl/α,β-unsaturated/α-hetero) is 1. The van der Waals surface area contributed by atoms with Crippen molar-refractivity contribution in [1.82, 2.24) is 0 Å². The summed E-state index contributed by atoms with van der Waals surface area (Å²) in [6, 6.07) is 3.05. The lowest BCUT2D eigenvalue weighted by atomic mass is 10.0. The van der Waals surface area contributed by atoms with Gasteiger partial charge in [-0.2, -0.15) is 0 Å². The van der Waals surface area contributed by atoms with E-state index in [9.17, 15) is 9.59 Å². The Balaban J connectivity index is 3.31. The Morgan fingerprint density at radius 3 is 2.30 bits per heavy atom. The maximum atomic E-state index is 12.1. The Morgan fingerprint density at radius 2 is 1.80 bits per heavy atom. The molecule has 0 saturated carbocycles. The van der Waals surface area contributed by atoms with Gasteiger partial charge in [-0.1, -0.05) is 0 Å². The lowest BCUT2D eigenvalue weighted by Gasteiger charge is -2.15. The van der Waals surface area contributed by atoms with Gasteiger partial charge in [0.15, 0.2) is 11.5 Å². The zero-order valence-corrected chi connectivity index (χ0v) is 12.0. The first-order valence-corrected chi connectivity index (χ1v) is 6.04. The molecule has 6 heteroatoms. The maximum absolute atomic E-state index is 12.1. The Bertz CT molecular complexity index is 495. The molecule has 0 fully saturated rings. The topological polar surface area (TPSA) is 71.1 Å². The number of rotatable bonds is 7. The van der Waals surface area contributed by atoms with E-state index >= 15 is 0 Å². The van der Waals surface area contributed by atoms with Gasteiger partial charge < -0.3 is 18.9 Å². The molecule has 0 bridgehead atoms. The van der Waals surface area contributed by atoms with E-state index in [1.54, 1.807) is 13.0 Å². The van der Waals surface area contributed by atoms with Crippen LogP contribution in [0.4, 0.5) is 0 Å². The highest BCUT2D eigenvalue weighted by atomic mass is 16.5. The summed E-state index contributed by atoms with van der Waals surface area (Å²) in [7, 11) is 4.43. The zero-order valence-electron chi connectivity index (χ0n) is 12.0. The molecule has 0 saturated heterocycles. The van der Waals surface area contributed by atoms with Gasteiger partial charge in [0.1, 0.15) is 0 Å². The Hall–Kier alpha value is -2.08. The van der Waals surface area contributed by atoms with Crippen LogP contribution in [-0.4, -0.2) is 39.7 Å². The lowest BCUT2D eigenvalue weighted by Crippen LogP contribution is -2.19. The van der Waals surface area contributed by atoms with Crippen molar-refractivity contribution in [3.8, 4) is 11.5 Å². The maximum Gasteiger partial charge on any atom is 0.379 e. The van der Waals surface area contributed by atoms with Crippen LogP contribution >= 0.6 is 0 Å². The highest BCUT2D eigenvalue weighted by Gasteiger charge is 2.25. The fourth-order valence-electron chi connectivity index (χ4n) is 1.80. The van der Waals surface area contributed by atoms with Gasteiger partial charge in [0.2, 0.25) is 0 Å². The molecule has 0 spiro atoms. The second kappa shape index (κ2) is 7.49. The van der Waals surface area contributed by atoms with Crippen LogP contribution in [0.1, 0.15) is 22.8 Å². The second-order valence-corrected chi connectivity index (χ2v) is 3.81. The van der Waals surface area contributed by atoms with E-state index in [0.29, 0.717) is 17.1 Å². The van der Waals surface area contributed by atoms with E-state index in [-0.39, 0.29) is 18.8 Å². The summed E-state index contributed by atoms with van der Waals surface area (Å²) in [5.74, 6) is -0.818. The van der Waals surface area contributed by atoms with Gasteiger partial charge in [-0.15, -0.1) is 0 Å². The Kier molecular flexibility index (Phi) is 5.99. The van der Waals surface area contributed by atoms with Gasteiger partial charge in [0, 0.05) is 18.2 Å². The number of ketones is 1. The van der Waals surface area contributed by atoms with Gasteiger partial charge in [0.25, 0.3) is 5.78 Å². The summed E-state index contributed by atoms with van der Waals surface area (Å²) < 4.78 is 20.2. The Morgan fingerprint density at radius 1 is 1.10 bits per heavy atom. The summed E-state index contributed by atoms with van der Waals surface area (Å²) in [4.78, 5) is 23.6. The molecular weight excluding hydrogens is 264 g/mol. The van der Waals surface area contributed by atoms with E-state index in [0.717, 1.165) is 0 Å². The summed E-state index contributed by atoms with van der Waals surface area (Å²) in [5.41, 5.74) is 0.635. The molecule has 0 aliphatic rings. The van der Waals surface area contributed by atoms with E-state index in [2.05, 4.69) is 0 Å². The summed E-state index contributed by atoms with van der Waals surface area (Å²) in [5, 5.41) is 0. The smallest absolute Gasteiger partial charge is 0.379 e. The minimum atomic E-state index is -0.905. The summed E-state index contributed by atoms with van der Waals surface area (Å²) in [6.07, 6.45) is 0. The molecule has 0 aromatic heterocycles. The first-order chi connectivity index (χ1) is 9.60. The van der Waals surface area contributed by atoms with Crippen LogP contribution < -0.4 is 9.47 Å². The number of carbonyl (C=O) groups is 2. The number of ether oxygens (including phenoxy) is 4. The summed E-state index contributed by atoms with van der Waals surface area (Å²) >= 11 is 0. The van der Waals surface area contributed by atoms with Gasteiger partial charge in [0.05, 0.1) is 27.4 Å².